The average molecular weight is 261 g/mol. The third-order valence-electron chi connectivity index (χ3n) is 2.95. The zero-order chi connectivity index (χ0) is 14.0. The van der Waals surface area contributed by atoms with Crippen molar-refractivity contribution >= 4 is 11.4 Å². The van der Waals surface area contributed by atoms with E-state index in [4.69, 9.17) is 0 Å². The fourth-order valence-electron chi connectivity index (χ4n) is 1.84. The standard InChI is InChI=1S/C13H13N.C6H6/c1-14(12-8-4-2-5-9-12)13-10-6-3-7-11-13;1-2-4-6-5-3-1/h2-11H,1H3;1-6H. The Morgan fingerprint density at radius 3 is 1.00 bits per heavy atom. The molecule has 1 nitrogen and oxygen atoms in total. The molecular formula is C19H19N. The van der Waals surface area contributed by atoms with E-state index in [1.165, 1.54) is 11.4 Å². The monoisotopic (exact) mass is 261 g/mol. The van der Waals surface area contributed by atoms with Crippen molar-refractivity contribution in [1.82, 2.24) is 0 Å². The summed E-state index contributed by atoms with van der Waals surface area (Å²) >= 11 is 0. The molecule has 3 aromatic rings. The maximum Gasteiger partial charge on any atom is 0.0408 e. The quantitative estimate of drug-likeness (QED) is 0.617. The molecule has 0 fully saturated rings. The van der Waals surface area contributed by atoms with E-state index in [-0.39, 0.29) is 0 Å². The molecular weight excluding hydrogens is 242 g/mol. The van der Waals surface area contributed by atoms with E-state index in [9.17, 15) is 0 Å². The Morgan fingerprint density at radius 1 is 0.450 bits per heavy atom. The number of anilines is 2. The van der Waals surface area contributed by atoms with Gasteiger partial charge >= 0.3 is 0 Å². The summed E-state index contributed by atoms with van der Waals surface area (Å²) in [5.74, 6) is 0. The van der Waals surface area contributed by atoms with Crippen LogP contribution in [0, 0.1) is 0 Å². The van der Waals surface area contributed by atoms with Gasteiger partial charge in [-0.3, -0.25) is 0 Å². The molecule has 0 unspecified atom stereocenters. The van der Waals surface area contributed by atoms with Crippen molar-refractivity contribution in [3.63, 3.8) is 0 Å². The highest BCUT2D eigenvalue weighted by atomic mass is 15.1. The lowest BCUT2D eigenvalue weighted by molar-refractivity contribution is 1.21. The van der Waals surface area contributed by atoms with Crippen LogP contribution in [0.15, 0.2) is 97.1 Å². The van der Waals surface area contributed by atoms with Crippen LogP contribution in [0.3, 0.4) is 0 Å². The van der Waals surface area contributed by atoms with Gasteiger partial charge in [0, 0.05) is 18.4 Å². The fraction of sp³-hybridized carbons (Fsp3) is 0.0526. The van der Waals surface area contributed by atoms with Crippen molar-refractivity contribution in [2.24, 2.45) is 0 Å². The minimum atomic E-state index is 1.21. The molecule has 0 aromatic heterocycles. The maximum absolute atomic E-state index is 2.17. The predicted molar refractivity (Wildman–Crippen MR) is 87.4 cm³/mol. The Balaban J connectivity index is 0.000000205. The number of rotatable bonds is 2. The Kier molecular flexibility index (Phi) is 5.41. The second kappa shape index (κ2) is 7.80. The van der Waals surface area contributed by atoms with Gasteiger partial charge in [0.15, 0.2) is 0 Å². The van der Waals surface area contributed by atoms with Gasteiger partial charge in [-0.1, -0.05) is 72.8 Å². The van der Waals surface area contributed by atoms with Gasteiger partial charge in [-0.2, -0.15) is 0 Å². The van der Waals surface area contributed by atoms with Crippen LogP contribution in [0.5, 0.6) is 0 Å². The predicted octanol–water partition coefficient (Wildman–Crippen LogP) is 5.14. The first-order chi connectivity index (χ1) is 9.88. The number of para-hydroxylation sites is 2. The van der Waals surface area contributed by atoms with Gasteiger partial charge in [0.25, 0.3) is 0 Å². The molecule has 100 valence electrons. The molecule has 0 saturated carbocycles. The third-order valence-corrected chi connectivity index (χ3v) is 2.95. The first-order valence-electron chi connectivity index (χ1n) is 6.72. The normalized spacial score (nSPS) is 9.25. The van der Waals surface area contributed by atoms with Crippen molar-refractivity contribution in [2.75, 3.05) is 11.9 Å². The van der Waals surface area contributed by atoms with Crippen LogP contribution in [0.25, 0.3) is 0 Å². The van der Waals surface area contributed by atoms with Gasteiger partial charge in [0.2, 0.25) is 0 Å². The summed E-state index contributed by atoms with van der Waals surface area (Å²) in [5, 5.41) is 0. The molecule has 0 aliphatic carbocycles. The highest BCUT2D eigenvalue weighted by molar-refractivity contribution is 5.61. The van der Waals surface area contributed by atoms with E-state index in [0.29, 0.717) is 0 Å². The van der Waals surface area contributed by atoms with Crippen LogP contribution in [0.2, 0.25) is 0 Å². The molecule has 0 saturated heterocycles. The summed E-state index contributed by atoms with van der Waals surface area (Å²) in [5.41, 5.74) is 2.41. The lowest BCUT2D eigenvalue weighted by atomic mass is 10.2. The summed E-state index contributed by atoms with van der Waals surface area (Å²) < 4.78 is 0. The van der Waals surface area contributed by atoms with Gasteiger partial charge < -0.3 is 4.90 Å². The molecule has 0 aliphatic rings. The lowest BCUT2D eigenvalue weighted by Gasteiger charge is -2.18. The molecule has 0 amide bonds. The fourth-order valence-corrected chi connectivity index (χ4v) is 1.84. The Labute approximate surface area is 121 Å². The van der Waals surface area contributed by atoms with Crippen molar-refractivity contribution in [3.05, 3.63) is 97.1 Å². The van der Waals surface area contributed by atoms with E-state index in [2.05, 4.69) is 60.5 Å². The van der Waals surface area contributed by atoms with Crippen LogP contribution in [0.1, 0.15) is 0 Å². The van der Waals surface area contributed by atoms with Crippen LogP contribution in [-0.4, -0.2) is 7.05 Å². The summed E-state index contributed by atoms with van der Waals surface area (Å²) in [6.07, 6.45) is 0. The molecule has 0 radical (unpaired) electrons. The van der Waals surface area contributed by atoms with E-state index < -0.39 is 0 Å². The summed E-state index contributed by atoms with van der Waals surface area (Å²) in [4.78, 5) is 2.17. The summed E-state index contributed by atoms with van der Waals surface area (Å²) in [6.45, 7) is 0. The molecule has 1 heteroatoms. The van der Waals surface area contributed by atoms with Gasteiger partial charge in [0.1, 0.15) is 0 Å². The highest BCUT2D eigenvalue weighted by Gasteiger charge is 2.00. The van der Waals surface area contributed by atoms with Gasteiger partial charge in [0.05, 0.1) is 0 Å². The topological polar surface area (TPSA) is 3.24 Å². The Hall–Kier alpha value is -2.54. The first-order valence-corrected chi connectivity index (χ1v) is 6.72. The number of nitrogens with zero attached hydrogens (tertiary/aromatic N) is 1. The SMILES string of the molecule is CN(c1ccccc1)c1ccccc1.c1ccccc1. The number of hydrogen-bond acceptors (Lipinski definition) is 1. The van der Waals surface area contributed by atoms with E-state index in [1.807, 2.05) is 48.5 Å². The summed E-state index contributed by atoms with van der Waals surface area (Å²) in [7, 11) is 2.07. The molecule has 3 rings (SSSR count). The zero-order valence-electron chi connectivity index (χ0n) is 11.7. The van der Waals surface area contributed by atoms with Crippen LogP contribution < -0.4 is 4.90 Å². The summed E-state index contributed by atoms with van der Waals surface area (Å²) in [6, 6.07) is 32.7. The largest absolute Gasteiger partial charge is 0.345 e. The molecule has 0 spiro atoms. The van der Waals surface area contributed by atoms with Crippen LogP contribution in [0.4, 0.5) is 11.4 Å². The minimum absolute atomic E-state index is 1.21. The molecule has 0 N–H and O–H groups in total. The lowest BCUT2D eigenvalue weighted by Crippen LogP contribution is -2.08. The Bertz CT molecular complexity index is 510. The van der Waals surface area contributed by atoms with E-state index >= 15 is 0 Å². The first kappa shape index (κ1) is 13.9. The van der Waals surface area contributed by atoms with E-state index in [0.717, 1.165) is 0 Å². The third kappa shape index (κ3) is 4.29. The molecule has 0 heterocycles. The number of hydrogen-bond donors (Lipinski definition) is 0. The molecule has 3 aromatic carbocycles. The average Bonchev–Trinajstić information content (AvgIpc) is 2.58. The van der Waals surface area contributed by atoms with Gasteiger partial charge in [-0.25, -0.2) is 0 Å². The second-order valence-electron chi connectivity index (χ2n) is 4.38. The molecule has 0 atom stereocenters. The van der Waals surface area contributed by atoms with Crippen LogP contribution >= 0.6 is 0 Å². The highest BCUT2D eigenvalue weighted by Crippen LogP contribution is 2.21. The minimum Gasteiger partial charge on any atom is -0.345 e. The van der Waals surface area contributed by atoms with E-state index in [1.54, 1.807) is 0 Å². The molecule has 0 aliphatic heterocycles. The smallest absolute Gasteiger partial charge is 0.0408 e. The van der Waals surface area contributed by atoms with Crippen molar-refractivity contribution in [2.45, 2.75) is 0 Å². The van der Waals surface area contributed by atoms with Gasteiger partial charge in [-0.15, -0.1) is 0 Å². The van der Waals surface area contributed by atoms with Gasteiger partial charge in [-0.05, 0) is 24.3 Å². The second-order valence-corrected chi connectivity index (χ2v) is 4.38. The van der Waals surface area contributed by atoms with Crippen molar-refractivity contribution < 1.29 is 0 Å². The Morgan fingerprint density at radius 2 is 0.700 bits per heavy atom. The molecule has 20 heavy (non-hydrogen) atoms. The zero-order valence-corrected chi connectivity index (χ0v) is 11.7. The maximum atomic E-state index is 2.17. The van der Waals surface area contributed by atoms with Crippen molar-refractivity contribution in [3.8, 4) is 0 Å². The molecule has 0 bridgehead atoms. The van der Waals surface area contributed by atoms with Crippen molar-refractivity contribution in [1.29, 1.82) is 0 Å². The number of benzene rings is 3. The van der Waals surface area contributed by atoms with Crippen LogP contribution in [-0.2, 0) is 0 Å².